The van der Waals surface area contributed by atoms with Crippen LogP contribution in [0.1, 0.15) is 36.8 Å². The second-order valence-electron chi connectivity index (χ2n) is 5.09. The van der Waals surface area contributed by atoms with Crippen LogP contribution in [0, 0.1) is 0 Å². The fraction of sp³-hybridized carbons (Fsp3) is 0.769. The average Bonchev–Trinajstić information content (AvgIpc) is 2.85. The minimum atomic E-state index is -0.143. The van der Waals surface area contributed by atoms with Crippen LogP contribution < -0.4 is 10.6 Å². The van der Waals surface area contributed by atoms with E-state index in [4.69, 9.17) is 0 Å². The fourth-order valence-corrected chi connectivity index (χ4v) is 2.18. The maximum atomic E-state index is 12.0. The fourth-order valence-electron chi connectivity index (χ4n) is 2.18. The van der Waals surface area contributed by atoms with Crippen molar-refractivity contribution < 1.29 is 4.79 Å². The van der Waals surface area contributed by atoms with Gasteiger partial charge >= 0.3 is 0 Å². The molecule has 1 aromatic rings. The second kappa shape index (κ2) is 7.35. The number of hydrogen-bond donors (Lipinski definition) is 2. The Bertz CT molecular complexity index is 428. The summed E-state index contributed by atoms with van der Waals surface area (Å²) in [5, 5.41) is 14.0. The van der Waals surface area contributed by atoms with Gasteiger partial charge in [0.1, 0.15) is 0 Å². The van der Waals surface area contributed by atoms with Crippen LogP contribution >= 0.6 is 0 Å². The monoisotopic (exact) mass is 280 g/mol. The van der Waals surface area contributed by atoms with E-state index < -0.39 is 0 Å². The highest BCUT2D eigenvalue weighted by atomic mass is 16.2. The molecule has 112 valence electrons. The summed E-state index contributed by atoms with van der Waals surface area (Å²) in [6.45, 7) is 9.68. The van der Waals surface area contributed by atoms with Gasteiger partial charge in [-0.1, -0.05) is 19.1 Å². The van der Waals surface area contributed by atoms with Gasteiger partial charge in [0.2, 0.25) is 0 Å². The third-order valence-corrected chi connectivity index (χ3v) is 3.58. The van der Waals surface area contributed by atoms with E-state index in [1.54, 1.807) is 10.9 Å². The number of nitrogens with zero attached hydrogens (tertiary/aromatic N) is 4. The second-order valence-corrected chi connectivity index (χ2v) is 5.09. The van der Waals surface area contributed by atoms with E-state index in [1.807, 2.05) is 0 Å². The molecule has 2 rings (SSSR count). The Morgan fingerprint density at radius 2 is 2.30 bits per heavy atom. The standard InChI is InChI=1S/C13H24N6O/c1-3-6-18(4-2)7-5-15-13(20)12-10-19(17-16-12)11-8-14-9-11/h10-11,14H,3-9H2,1-2H3,(H,15,20). The van der Waals surface area contributed by atoms with Gasteiger partial charge < -0.3 is 15.5 Å². The van der Waals surface area contributed by atoms with Gasteiger partial charge in [-0.3, -0.25) is 4.79 Å². The van der Waals surface area contributed by atoms with Gasteiger partial charge in [0.25, 0.3) is 5.91 Å². The summed E-state index contributed by atoms with van der Waals surface area (Å²) in [4.78, 5) is 14.3. The molecular formula is C13H24N6O. The van der Waals surface area contributed by atoms with Crippen LogP contribution in [0.5, 0.6) is 0 Å². The van der Waals surface area contributed by atoms with Crippen LogP contribution in [-0.2, 0) is 0 Å². The minimum Gasteiger partial charge on any atom is -0.349 e. The number of carbonyl (C=O) groups is 1. The SMILES string of the molecule is CCCN(CC)CCNC(=O)c1cn(C2CNC2)nn1. The molecule has 1 aliphatic rings. The van der Waals surface area contributed by atoms with Gasteiger partial charge in [-0.2, -0.15) is 0 Å². The third kappa shape index (κ3) is 3.77. The maximum Gasteiger partial charge on any atom is 0.273 e. The van der Waals surface area contributed by atoms with Crippen molar-refractivity contribution >= 4 is 5.91 Å². The molecule has 0 aromatic carbocycles. The molecule has 0 spiro atoms. The van der Waals surface area contributed by atoms with Gasteiger partial charge in [-0.05, 0) is 19.5 Å². The smallest absolute Gasteiger partial charge is 0.273 e. The van der Waals surface area contributed by atoms with Crippen LogP contribution in [0.25, 0.3) is 0 Å². The van der Waals surface area contributed by atoms with Gasteiger partial charge in [0, 0.05) is 26.2 Å². The van der Waals surface area contributed by atoms with E-state index >= 15 is 0 Å². The molecule has 1 aliphatic heterocycles. The highest BCUT2D eigenvalue weighted by Crippen LogP contribution is 2.09. The van der Waals surface area contributed by atoms with Crippen LogP contribution in [-0.4, -0.2) is 65.1 Å². The van der Waals surface area contributed by atoms with E-state index in [1.165, 1.54) is 0 Å². The lowest BCUT2D eigenvalue weighted by atomic mass is 10.2. The third-order valence-electron chi connectivity index (χ3n) is 3.58. The zero-order valence-electron chi connectivity index (χ0n) is 12.3. The number of likely N-dealkylation sites (N-methyl/N-ethyl adjacent to an activating group) is 1. The molecule has 1 fully saturated rings. The van der Waals surface area contributed by atoms with Gasteiger partial charge in [0.15, 0.2) is 5.69 Å². The number of rotatable bonds is 8. The highest BCUT2D eigenvalue weighted by molar-refractivity contribution is 5.91. The summed E-state index contributed by atoms with van der Waals surface area (Å²) < 4.78 is 1.76. The molecule has 0 unspecified atom stereocenters. The van der Waals surface area contributed by atoms with E-state index in [0.717, 1.165) is 39.1 Å². The predicted molar refractivity (Wildman–Crippen MR) is 76.7 cm³/mol. The van der Waals surface area contributed by atoms with Crippen molar-refractivity contribution in [1.29, 1.82) is 0 Å². The molecule has 0 aliphatic carbocycles. The molecule has 0 saturated carbocycles. The van der Waals surface area contributed by atoms with Crippen molar-refractivity contribution in [1.82, 2.24) is 30.5 Å². The Labute approximate surface area is 119 Å². The Morgan fingerprint density at radius 3 is 2.90 bits per heavy atom. The molecule has 0 atom stereocenters. The van der Waals surface area contributed by atoms with Crippen LogP contribution in [0.2, 0.25) is 0 Å². The van der Waals surface area contributed by atoms with E-state index in [9.17, 15) is 4.79 Å². The largest absolute Gasteiger partial charge is 0.349 e. The predicted octanol–water partition coefficient (Wildman–Crippen LogP) is -0.116. The highest BCUT2D eigenvalue weighted by Gasteiger charge is 2.21. The van der Waals surface area contributed by atoms with Crippen molar-refractivity contribution in [3.05, 3.63) is 11.9 Å². The Morgan fingerprint density at radius 1 is 1.50 bits per heavy atom. The quantitative estimate of drug-likeness (QED) is 0.694. The van der Waals surface area contributed by atoms with E-state index in [2.05, 4.69) is 39.7 Å². The average molecular weight is 280 g/mol. The van der Waals surface area contributed by atoms with Crippen molar-refractivity contribution in [2.24, 2.45) is 0 Å². The molecule has 1 amide bonds. The van der Waals surface area contributed by atoms with Crippen molar-refractivity contribution in [3.8, 4) is 0 Å². The Hall–Kier alpha value is -1.47. The zero-order valence-corrected chi connectivity index (χ0v) is 12.3. The number of aromatic nitrogens is 3. The molecule has 1 saturated heterocycles. The molecule has 0 bridgehead atoms. The lowest BCUT2D eigenvalue weighted by Gasteiger charge is -2.26. The zero-order chi connectivity index (χ0) is 14.4. The van der Waals surface area contributed by atoms with Gasteiger partial charge in [0.05, 0.1) is 12.2 Å². The summed E-state index contributed by atoms with van der Waals surface area (Å²) in [5.41, 5.74) is 0.399. The lowest BCUT2D eigenvalue weighted by molar-refractivity contribution is 0.0943. The first-order chi connectivity index (χ1) is 9.74. The number of nitrogens with one attached hydrogen (secondary N) is 2. The van der Waals surface area contributed by atoms with Crippen molar-refractivity contribution in [3.63, 3.8) is 0 Å². The summed E-state index contributed by atoms with van der Waals surface area (Å²) in [7, 11) is 0. The van der Waals surface area contributed by atoms with Crippen molar-refractivity contribution in [2.75, 3.05) is 39.3 Å². The molecule has 0 radical (unpaired) electrons. The molecule has 2 heterocycles. The first-order valence-corrected chi connectivity index (χ1v) is 7.37. The molecule has 7 nitrogen and oxygen atoms in total. The van der Waals surface area contributed by atoms with Gasteiger partial charge in [-0.25, -0.2) is 4.68 Å². The number of carbonyl (C=O) groups excluding carboxylic acids is 1. The maximum absolute atomic E-state index is 12.0. The molecule has 7 heteroatoms. The number of hydrogen-bond acceptors (Lipinski definition) is 5. The summed E-state index contributed by atoms with van der Waals surface area (Å²) in [5.74, 6) is -0.143. The Kier molecular flexibility index (Phi) is 5.49. The number of amides is 1. The summed E-state index contributed by atoms with van der Waals surface area (Å²) in [6.07, 6.45) is 2.86. The van der Waals surface area contributed by atoms with Crippen LogP contribution in [0.3, 0.4) is 0 Å². The molecule has 20 heavy (non-hydrogen) atoms. The first kappa shape index (κ1) is 14.9. The van der Waals surface area contributed by atoms with Crippen LogP contribution in [0.15, 0.2) is 6.20 Å². The molecule has 2 N–H and O–H groups in total. The molecular weight excluding hydrogens is 256 g/mol. The summed E-state index contributed by atoms with van der Waals surface area (Å²) in [6, 6.07) is 0.337. The van der Waals surface area contributed by atoms with Crippen molar-refractivity contribution in [2.45, 2.75) is 26.3 Å². The minimum absolute atomic E-state index is 0.143. The Balaban J connectivity index is 1.75. The topological polar surface area (TPSA) is 75.1 Å². The van der Waals surface area contributed by atoms with Gasteiger partial charge in [-0.15, -0.1) is 5.10 Å². The van der Waals surface area contributed by atoms with E-state index in [-0.39, 0.29) is 5.91 Å². The molecule has 1 aromatic heterocycles. The normalized spacial score (nSPS) is 15.3. The first-order valence-electron chi connectivity index (χ1n) is 7.37. The lowest BCUT2D eigenvalue weighted by Crippen LogP contribution is -2.43. The van der Waals surface area contributed by atoms with E-state index in [0.29, 0.717) is 18.3 Å². The van der Waals surface area contributed by atoms with Crippen LogP contribution in [0.4, 0.5) is 0 Å². The summed E-state index contributed by atoms with van der Waals surface area (Å²) >= 11 is 0.